The van der Waals surface area contributed by atoms with Crippen LogP contribution >= 0.6 is 0 Å². The van der Waals surface area contributed by atoms with Crippen LogP contribution in [0, 0.1) is 11.8 Å². The van der Waals surface area contributed by atoms with Crippen molar-refractivity contribution in [3.63, 3.8) is 0 Å². The molecule has 2 fully saturated rings. The third-order valence-corrected chi connectivity index (χ3v) is 8.10. The maximum Gasteiger partial charge on any atom is 0.240 e. The lowest BCUT2D eigenvalue weighted by atomic mass is 10.2. The molecule has 2 aliphatic rings. The van der Waals surface area contributed by atoms with Crippen molar-refractivity contribution in [1.29, 1.82) is 0 Å². The highest BCUT2D eigenvalue weighted by atomic mass is 32.2. The number of allylic oxidation sites excluding steroid dienone is 2. The smallest absolute Gasteiger partial charge is 0.240 e. The molecule has 2 amide bonds. The Kier molecular flexibility index (Phi) is 13.9. The van der Waals surface area contributed by atoms with Crippen molar-refractivity contribution in [3.05, 3.63) is 25.3 Å². The molecule has 0 spiro atoms. The van der Waals surface area contributed by atoms with E-state index in [1.54, 1.807) is 46.8 Å². The average Bonchev–Trinajstić information content (AvgIpc) is 3.51. The average molecular weight is 481 g/mol. The number of carbonyl (C=O) groups excluding carboxylic acids is 2. The molecule has 0 radical (unpaired) electrons. The molecule has 2 N–H and O–H groups in total. The van der Waals surface area contributed by atoms with Gasteiger partial charge in [-0.1, -0.05) is 39.8 Å². The van der Waals surface area contributed by atoms with Crippen LogP contribution in [0.1, 0.15) is 74.1 Å². The Morgan fingerprint density at radius 3 is 1.45 bits per heavy atom. The molecule has 10 heteroatoms. The highest BCUT2D eigenvalue weighted by Crippen LogP contribution is 2.42. The van der Waals surface area contributed by atoms with Gasteiger partial charge in [0.2, 0.25) is 31.9 Å². The molecule has 0 heterocycles. The minimum absolute atomic E-state index is 0.279. The molecule has 31 heavy (non-hydrogen) atoms. The Morgan fingerprint density at radius 2 is 1.19 bits per heavy atom. The molecule has 0 saturated heterocycles. The lowest BCUT2D eigenvalue weighted by Crippen LogP contribution is -2.40. The molecule has 2 rings (SSSR count). The zero-order chi connectivity index (χ0) is 25.0. The number of sulfonamides is 2. The van der Waals surface area contributed by atoms with E-state index in [-0.39, 0.29) is 17.1 Å². The third-order valence-electron chi connectivity index (χ3n) is 4.09. The fourth-order valence-corrected chi connectivity index (χ4v) is 4.36. The van der Waals surface area contributed by atoms with Crippen LogP contribution in [-0.2, 0) is 29.6 Å². The highest BCUT2D eigenvalue weighted by molar-refractivity contribution is 7.91. The standard InChI is InChI=1S/C8H15NO3S.C7H13NO3S.2C3H6/c1-6(2)7(10)9-13(11,12)8(3)4-5-8;1-5(2)7(9)8-12(10,11)6-3-4-6;2*1-3-2/h6H,4-5H2,1-3H3,(H,9,10);5-6H,3-4H2,1-2H3,(H,8,9);2*3H,1H2,2H3. The quantitative estimate of drug-likeness (QED) is 0.562. The van der Waals surface area contributed by atoms with Crippen LogP contribution < -0.4 is 9.44 Å². The van der Waals surface area contributed by atoms with Crippen molar-refractivity contribution in [2.75, 3.05) is 0 Å². The summed E-state index contributed by atoms with van der Waals surface area (Å²) in [5, 5.41) is -0.319. The van der Waals surface area contributed by atoms with E-state index in [0.717, 1.165) is 0 Å². The van der Waals surface area contributed by atoms with E-state index in [0.29, 0.717) is 25.7 Å². The van der Waals surface area contributed by atoms with Crippen LogP contribution in [0.3, 0.4) is 0 Å². The van der Waals surface area contributed by atoms with E-state index in [1.807, 2.05) is 13.8 Å². The number of carbonyl (C=O) groups is 2. The number of nitrogens with one attached hydrogen (secondary N) is 2. The molecule has 0 aromatic heterocycles. The van der Waals surface area contributed by atoms with Gasteiger partial charge in [0.1, 0.15) is 0 Å². The number of rotatable bonds is 6. The first-order chi connectivity index (χ1) is 14.0. The normalized spacial score (nSPS) is 16.2. The highest BCUT2D eigenvalue weighted by Gasteiger charge is 2.50. The summed E-state index contributed by atoms with van der Waals surface area (Å²) in [6.07, 6.45) is 6.16. The lowest BCUT2D eigenvalue weighted by Gasteiger charge is -2.13. The molecule has 8 nitrogen and oxygen atoms in total. The summed E-state index contributed by atoms with van der Waals surface area (Å²) in [6, 6.07) is 0. The summed E-state index contributed by atoms with van der Waals surface area (Å²) < 4.78 is 48.8. The summed E-state index contributed by atoms with van der Waals surface area (Å²) in [4.78, 5) is 22.1. The summed E-state index contributed by atoms with van der Waals surface area (Å²) in [5.41, 5.74) is 0. The zero-order valence-corrected chi connectivity index (χ0v) is 21.5. The molecule has 0 atom stereocenters. The molecule has 0 aromatic rings. The Balaban J connectivity index is 0. The second-order valence-corrected chi connectivity index (χ2v) is 12.4. The third kappa shape index (κ3) is 12.7. The molecular formula is C21H40N2O6S2. The van der Waals surface area contributed by atoms with Crippen molar-refractivity contribution in [3.8, 4) is 0 Å². The molecule has 2 aliphatic carbocycles. The van der Waals surface area contributed by atoms with E-state index >= 15 is 0 Å². The second-order valence-electron chi connectivity index (χ2n) is 8.26. The monoisotopic (exact) mass is 480 g/mol. The van der Waals surface area contributed by atoms with Gasteiger partial charge in [-0.3, -0.25) is 19.0 Å². The number of hydrogen-bond donors (Lipinski definition) is 2. The maximum atomic E-state index is 11.5. The summed E-state index contributed by atoms with van der Waals surface area (Å²) >= 11 is 0. The predicted molar refractivity (Wildman–Crippen MR) is 126 cm³/mol. The molecule has 0 bridgehead atoms. The lowest BCUT2D eigenvalue weighted by molar-refractivity contribution is -0.123. The van der Waals surface area contributed by atoms with Crippen molar-refractivity contribution in [1.82, 2.24) is 9.44 Å². The first kappa shape index (κ1) is 31.5. The van der Waals surface area contributed by atoms with Gasteiger partial charge in [-0.05, 0) is 46.5 Å². The van der Waals surface area contributed by atoms with Crippen molar-refractivity contribution >= 4 is 31.9 Å². The zero-order valence-electron chi connectivity index (χ0n) is 19.9. The van der Waals surface area contributed by atoms with Gasteiger partial charge in [-0.2, -0.15) is 0 Å². The van der Waals surface area contributed by atoms with Gasteiger partial charge in [0, 0.05) is 11.8 Å². The minimum Gasteiger partial charge on any atom is -0.274 e. The van der Waals surface area contributed by atoms with Crippen molar-refractivity contribution in [2.45, 2.75) is 84.1 Å². The van der Waals surface area contributed by atoms with Gasteiger partial charge in [0.15, 0.2) is 0 Å². The summed E-state index contributed by atoms with van der Waals surface area (Å²) in [5.74, 6) is -1.41. The van der Waals surface area contributed by atoms with E-state index < -0.39 is 36.6 Å². The van der Waals surface area contributed by atoms with Crippen LogP contribution in [0.5, 0.6) is 0 Å². The van der Waals surface area contributed by atoms with E-state index in [9.17, 15) is 26.4 Å². The van der Waals surface area contributed by atoms with Crippen LogP contribution in [0.15, 0.2) is 25.3 Å². The van der Waals surface area contributed by atoms with Crippen LogP contribution in [-0.4, -0.2) is 38.6 Å². The Bertz CT molecular complexity index is 801. The van der Waals surface area contributed by atoms with Crippen molar-refractivity contribution in [2.24, 2.45) is 11.8 Å². The number of amides is 2. The maximum absolute atomic E-state index is 11.5. The van der Waals surface area contributed by atoms with Gasteiger partial charge in [-0.15, -0.1) is 13.2 Å². The van der Waals surface area contributed by atoms with E-state index in [4.69, 9.17) is 0 Å². The van der Waals surface area contributed by atoms with Crippen LogP contribution in [0.25, 0.3) is 0 Å². The van der Waals surface area contributed by atoms with Crippen LogP contribution in [0.2, 0.25) is 0 Å². The van der Waals surface area contributed by atoms with Gasteiger partial charge in [0.05, 0.1) is 10.00 Å². The van der Waals surface area contributed by atoms with Gasteiger partial charge in [-0.25, -0.2) is 16.8 Å². The Hall–Kier alpha value is -1.68. The minimum atomic E-state index is -3.43. The second kappa shape index (κ2) is 13.7. The summed E-state index contributed by atoms with van der Waals surface area (Å²) in [6.45, 7) is 18.8. The van der Waals surface area contributed by atoms with E-state index in [2.05, 4.69) is 22.6 Å². The van der Waals surface area contributed by atoms with Gasteiger partial charge in [0.25, 0.3) is 0 Å². The molecular weight excluding hydrogens is 440 g/mol. The molecule has 0 aromatic carbocycles. The van der Waals surface area contributed by atoms with Crippen molar-refractivity contribution < 1.29 is 26.4 Å². The Labute approximate surface area is 189 Å². The predicted octanol–water partition coefficient (Wildman–Crippen LogP) is 3.28. The van der Waals surface area contributed by atoms with E-state index in [1.165, 1.54) is 0 Å². The fourth-order valence-electron chi connectivity index (χ4n) is 1.54. The molecule has 0 aliphatic heterocycles. The fraction of sp³-hybridized carbons (Fsp3) is 0.714. The van der Waals surface area contributed by atoms with Gasteiger partial charge < -0.3 is 0 Å². The summed E-state index contributed by atoms with van der Waals surface area (Å²) in [7, 11) is -6.76. The topological polar surface area (TPSA) is 126 Å². The number of hydrogen-bond acceptors (Lipinski definition) is 6. The molecule has 0 unspecified atom stereocenters. The largest absolute Gasteiger partial charge is 0.274 e. The SMILES string of the molecule is C=CC.C=CC.CC(C)C(=O)NS(=O)(=O)C1(C)CC1.CC(C)C(=O)NS(=O)(=O)C1CC1. The first-order valence-corrected chi connectivity index (χ1v) is 13.3. The first-order valence-electron chi connectivity index (χ1n) is 10.3. The molecule has 2 saturated carbocycles. The van der Waals surface area contributed by atoms with Crippen LogP contribution in [0.4, 0.5) is 0 Å². The van der Waals surface area contributed by atoms with Gasteiger partial charge >= 0.3 is 0 Å². The molecule has 182 valence electrons. The Morgan fingerprint density at radius 1 is 0.871 bits per heavy atom.